The predicted molar refractivity (Wildman–Crippen MR) is 76.1 cm³/mol. The van der Waals surface area contributed by atoms with Gasteiger partial charge in [-0.25, -0.2) is 13.1 Å². The number of hydrogen-bond acceptors (Lipinski definition) is 3. The van der Waals surface area contributed by atoms with Crippen LogP contribution in [-0.4, -0.2) is 33.8 Å². The summed E-state index contributed by atoms with van der Waals surface area (Å²) in [6, 6.07) is 0.639. The molecule has 4 nitrogen and oxygen atoms in total. The van der Waals surface area contributed by atoms with Gasteiger partial charge in [0, 0.05) is 12.6 Å². The van der Waals surface area contributed by atoms with Crippen molar-refractivity contribution in [3.05, 3.63) is 0 Å². The predicted octanol–water partition coefficient (Wildman–Crippen LogP) is 1.87. The van der Waals surface area contributed by atoms with Crippen molar-refractivity contribution in [2.75, 3.05) is 19.3 Å². The van der Waals surface area contributed by atoms with E-state index in [-0.39, 0.29) is 0 Å². The van der Waals surface area contributed by atoms with Crippen LogP contribution in [0.15, 0.2) is 0 Å². The van der Waals surface area contributed by atoms with Crippen LogP contribution in [-0.2, 0) is 10.0 Å². The molecule has 18 heavy (non-hydrogen) atoms. The van der Waals surface area contributed by atoms with Gasteiger partial charge in [-0.15, -0.1) is 0 Å². The van der Waals surface area contributed by atoms with Gasteiger partial charge in [0.05, 0.1) is 6.26 Å². The summed E-state index contributed by atoms with van der Waals surface area (Å²) in [5.41, 5.74) is 0. The van der Waals surface area contributed by atoms with Crippen LogP contribution >= 0.6 is 0 Å². The first-order valence-corrected chi connectivity index (χ1v) is 9.08. The van der Waals surface area contributed by atoms with Gasteiger partial charge in [-0.2, -0.15) is 0 Å². The molecule has 1 fully saturated rings. The highest BCUT2D eigenvalue weighted by molar-refractivity contribution is 7.88. The Morgan fingerprint density at radius 1 is 1.11 bits per heavy atom. The third kappa shape index (κ3) is 7.34. The smallest absolute Gasteiger partial charge is 0.208 e. The lowest BCUT2D eigenvalue weighted by molar-refractivity contribution is 0.424. The summed E-state index contributed by atoms with van der Waals surface area (Å²) < 4.78 is 24.3. The summed E-state index contributed by atoms with van der Waals surface area (Å²) in [5, 5.41) is 3.56. The van der Waals surface area contributed by atoms with Crippen LogP contribution in [0.3, 0.4) is 0 Å². The molecule has 0 heterocycles. The van der Waals surface area contributed by atoms with E-state index in [4.69, 9.17) is 0 Å². The summed E-state index contributed by atoms with van der Waals surface area (Å²) in [6.07, 6.45) is 9.98. The molecule has 0 spiro atoms. The Balaban J connectivity index is 2.08. The van der Waals surface area contributed by atoms with Crippen LogP contribution < -0.4 is 10.0 Å². The third-order valence-corrected chi connectivity index (χ3v) is 4.55. The first-order chi connectivity index (χ1) is 8.51. The van der Waals surface area contributed by atoms with Crippen molar-refractivity contribution in [2.24, 2.45) is 5.92 Å². The zero-order valence-corrected chi connectivity index (χ0v) is 12.6. The Hall–Kier alpha value is -0.130. The van der Waals surface area contributed by atoms with Crippen molar-refractivity contribution in [3.8, 4) is 0 Å². The van der Waals surface area contributed by atoms with Gasteiger partial charge in [0.25, 0.3) is 0 Å². The minimum absolute atomic E-state index is 0.538. The van der Waals surface area contributed by atoms with E-state index in [1.54, 1.807) is 0 Å². The first kappa shape index (κ1) is 15.9. The van der Waals surface area contributed by atoms with Crippen LogP contribution in [0, 0.1) is 5.92 Å². The molecule has 1 aliphatic carbocycles. The molecule has 0 radical (unpaired) electrons. The number of nitrogens with one attached hydrogen (secondary N) is 2. The molecule has 1 saturated carbocycles. The lowest BCUT2D eigenvalue weighted by Gasteiger charge is -2.16. The molecule has 0 saturated heterocycles. The van der Waals surface area contributed by atoms with Crippen molar-refractivity contribution in [3.63, 3.8) is 0 Å². The van der Waals surface area contributed by atoms with E-state index >= 15 is 0 Å². The molecule has 5 heteroatoms. The third-order valence-electron chi connectivity index (χ3n) is 3.82. The van der Waals surface area contributed by atoms with E-state index in [2.05, 4.69) is 17.0 Å². The summed E-state index contributed by atoms with van der Waals surface area (Å²) >= 11 is 0. The number of sulfonamides is 1. The second-order valence-corrected chi connectivity index (χ2v) is 7.29. The van der Waals surface area contributed by atoms with E-state index < -0.39 is 10.0 Å². The molecule has 2 atom stereocenters. The molecule has 0 aromatic carbocycles. The molecule has 2 unspecified atom stereocenters. The lowest BCUT2D eigenvalue weighted by atomic mass is 9.98. The maximum Gasteiger partial charge on any atom is 0.208 e. The van der Waals surface area contributed by atoms with Gasteiger partial charge in [0.15, 0.2) is 0 Å². The molecule has 0 aromatic rings. The van der Waals surface area contributed by atoms with Gasteiger partial charge in [-0.3, -0.25) is 0 Å². The maximum atomic E-state index is 10.9. The summed E-state index contributed by atoms with van der Waals surface area (Å²) in [5.74, 6) is 0.920. The molecule has 108 valence electrons. The Bertz CT molecular complexity index is 317. The standard InChI is InChI=1S/C13H28N2O2S/c1-3-12-6-4-7-13(9-8-12)14-10-5-11-15-18(2,16)17/h12-15H,3-11H2,1-2H3. The van der Waals surface area contributed by atoms with Crippen molar-refractivity contribution < 1.29 is 8.42 Å². The van der Waals surface area contributed by atoms with Gasteiger partial charge in [-0.05, 0) is 38.1 Å². The minimum Gasteiger partial charge on any atom is -0.314 e. The van der Waals surface area contributed by atoms with Crippen molar-refractivity contribution in [1.82, 2.24) is 10.0 Å². The first-order valence-electron chi connectivity index (χ1n) is 7.19. The zero-order valence-electron chi connectivity index (χ0n) is 11.7. The minimum atomic E-state index is -3.02. The fraction of sp³-hybridized carbons (Fsp3) is 1.00. The molecular formula is C13H28N2O2S. The van der Waals surface area contributed by atoms with E-state index in [1.807, 2.05) is 0 Å². The normalized spacial score (nSPS) is 25.9. The molecule has 0 amide bonds. The van der Waals surface area contributed by atoms with Gasteiger partial charge in [-0.1, -0.05) is 26.2 Å². The molecule has 0 bridgehead atoms. The van der Waals surface area contributed by atoms with E-state index in [0.717, 1.165) is 18.9 Å². The monoisotopic (exact) mass is 276 g/mol. The van der Waals surface area contributed by atoms with Crippen LogP contribution in [0.5, 0.6) is 0 Å². The average Bonchev–Trinajstić information content (AvgIpc) is 2.52. The summed E-state index contributed by atoms with van der Waals surface area (Å²) in [4.78, 5) is 0. The SMILES string of the molecule is CCC1CCCC(NCCCNS(C)(=O)=O)CC1. The van der Waals surface area contributed by atoms with Gasteiger partial charge < -0.3 is 5.32 Å². The fourth-order valence-corrected chi connectivity index (χ4v) is 3.16. The van der Waals surface area contributed by atoms with E-state index in [0.29, 0.717) is 12.6 Å². The highest BCUT2D eigenvalue weighted by Crippen LogP contribution is 2.25. The molecule has 0 aromatic heterocycles. The largest absolute Gasteiger partial charge is 0.314 e. The zero-order chi connectivity index (χ0) is 13.4. The Morgan fingerprint density at radius 3 is 2.56 bits per heavy atom. The Labute approximate surface area is 112 Å². The number of rotatable bonds is 7. The second-order valence-electron chi connectivity index (χ2n) is 5.45. The molecular weight excluding hydrogens is 248 g/mol. The second kappa shape index (κ2) is 8.12. The average molecular weight is 276 g/mol. The van der Waals surface area contributed by atoms with Gasteiger partial charge in [0.1, 0.15) is 0 Å². The summed E-state index contributed by atoms with van der Waals surface area (Å²) in [7, 11) is -3.02. The lowest BCUT2D eigenvalue weighted by Crippen LogP contribution is -2.32. The van der Waals surface area contributed by atoms with Crippen molar-refractivity contribution >= 4 is 10.0 Å². The van der Waals surface area contributed by atoms with Crippen molar-refractivity contribution in [1.29, 1.82) is 0 Å². The Morgan fingerprint density at radius 2 is 1.89 bits per heavy atom. The molecule has 0 aliphatic heterocycles. The van der Waals surface area contributed by atoms with E-state index in [1.165, 1.54) is 44.8 Å². The van der Waals surface area contributed by atoms with Gasteiger partial charge in [0.2, 0.25) is 10.0 Å². The highest BCUT2D eigenvalue weighted by Gasteiger charge is 2.16. The molecule has 2 N–H and O–H groups in total. The van der Waals surface area contributed by atoms with Crippen LogP contribution in [0.1, 0.15) is 51.9 Å². The maximum absolute atomic E-state index is 10.9. The highest BCUT2D eigenvalue weighted by atomic mass is 32.2. The van der Waals surface area contributed by atoms with Crippen LogP contribution in [0.4, 0.5) is 0 Å². The quantitative estimate of drug-likeness (QED) is 0.551. The number of hydrogen-bond donors (Lipinski definition) is 2. The van der Waals surface area contributed by atoms with Crippen LogP contribution in [0.25, 0.3) is 0 Å². The van der Waals surface area contributed by atoms with Crippen molar-refractivity contribution in [2.45, 2.75) is 57.9 Å². The topological polar surface area (TPSA) is 58.2 Å². The Kier molecular flexibility index (Phi) is 7.19. The van der Waals surface area contributed by atoms with Crippen LogP contribution in [0.2, 0.25) is 0 Å². The molecule has 1 aliphatic rings. The van der Waals surface area contributed by atoms with E-state index in [9.17, 15) is 8.42 Å². The van der Waals surface area contributed by atoms with Gasteiger partial charge >= 0.3 is 0 Å². The summed E-state index contributed by atoms with van der Waals surface area (Å²) in [6.45, 7) is 3.73. The molecule has 1 rings (SSSR count). The fourth-order valence-electron chi connectivity index (χ4n) is 2.64.